The Morgan fingerprint density at radius 3 is 1.97 bits per heavy atom. The van der Waals surface area contributed by atoms with Gasteiger partial charge >= 0.3 is 0 Å². The average molecular weight is 475 g/mol. The Hall–Kier alpha value is -2.04. The maximum atomic E-state index is 14.0. The topological polar surface area (TPSA) is 35.0 Å². The largest absolute Gasteiger partial charge is 0.491 e. The highest BCUT2D eigenvalue weighted by Crippen LogP contribution is 2.21. The van der Waals surface area contributed by atoms with Crippen molar-refractivity contribution in [3.63, 3.8) is 0 Å². The lowest BCUT2D eigenvalue weighted by molar-refractivity contribution is 0.146. The lowest BCUT2D eigenvalue weighted by Gasteiger charge is -2.13. The number of ether oxygens (including phenoxy) is 1. The second-order valence-corrected chi connectivity index (χ2v) is 9.40. The predicted octanol–water partition coefficient (Wildman–Crippen LogP) is 8.85. The fourth-order valence-corrected chi connectivity index (χ4v) is 4.06. The van der Waals surface area contributed by atoms with E-state index >= 15 is 0 Å². The second-order valence-electron chi connectivity index (χ2n) is 9.40. The summed E-state index contributed by atoms with van der Waals surface area (Å²) in [6.07, 6.45) is 16.1. The van der Waals surface area contributed by atoms with E-state index in [-0.39, 0.29) is 13.0 Å². The molecule has 0 saturated heterocycles. The molecule has 0 aliphatic heterocycles. The molecule has 0 N–H and O–H groups in total. The minimum absolute atomic E-state index is 0.0963. The molecule has 0 aliphatic rings. The van der Waals surface area contributed by atoms with Gasteiger partial charge in [0.25, 0.3) is 0 Å². The van der Waals surface area contributed by atoms with Crippen molar-refractivity contribution in [1.82, 2.24) is 9.97 Å². The van der Waals surface area contributed by atoms with Crippen LogP contribution >= 0.6 is 0 Å². The van der Waals surface area contributed by atoms with E-state index in [1.165, 1.54) is 56.9 Å². The number of unbranched alkanes of at least 4 members (excludes halogenated alkanes) is 9. The van der Waals surface area contributed by atoms with Crippen molar-refractivity contribution in [2.45, 2.75) is 116 Å². The molecule has 34 heavy (non-hydrogen) atoms. The van der Waals surface area contributed by atoms with Crippen molar-refractivity contribution in [2.75, 3.05) is 6.61 Å². The van der Waals surface area contributed by atoms with Crippen LogP contribution in [0, 0.1) is 0 Å². The first-order chi connectivity index (χ1) is 16.6. The zero-order chi connectivity index (χ0) is 24.4. The van der Waals surface area contributed by atoms with E-state index in [1.807, 2.05) is 24.5 Å². The number of benzene rings is 1. The maximum Gasteiger partial charge on any atom is 0.159 e. The molecule has 0 amide bonds. The van der Waals surface area contributed by atoms with Crippen molar-refractivity contribution < 1.29 is 13.5 Å². The minimum atomic E-state index is -1.30. The van der Waals surface area contributed by atoms with Crippen LogP contribution in [0.3, 0.4) is 0 Å². The monoisotopic (exact) mass is 474 g/mol. The third-order valence-electron chi connectivity index (χ3n) is 6.20. The molecule has 190 valence electrons. The number of halogens is 2. The number of hydrogen-bond acceptors (Lipinski definition) is 3. The summed E-state index contributed by atoms with van der Waals surface area (Å²) < 4.78 is 33.4. The van der Waals surface area contributed by atoms with Gasteiger partial charge in [0.05, 0.1) is 0 Å². The van der Waals surface area contributed by atoms with Gasteiger partial charge in [0.15, 0.2) is 5.82 Å². The highest BCUT2D eigenvalue weighted by Gasteiger charge is 2.16. The molecule has 0 saturated carbocycles. The zero-order valence-electron chi connectivity index (χ0n) is 21.3. The Morgan fingerprint density at radius 2 is 1.32 bits per heavy atom. The molecule has 2 aromatic rings. The van der Waals surface area contributed by atoms with E-state index in [1.54, 1.807) is 12.1 Å². The first-order valence-corrected chi connectivity index (χ1v) is 13.4. The third-order valence-corrected chi connectivity index (χ3v) is 6.20. The van der Waals surface area contributed by atoms with Crippen LogP contribution in [-0.4, -0.2) is 28.9 Å². The molecule has 1 aromatic heterocycles. The molecule has 0 aliphatic carbocycles. The summed E-state index contributed by atoms with van der Waals surface area (Å²) in [5, 5.41) is 0. The number of rotatable bonds is 19. The fourth-order valence-electron chi connectivity index (χ4n) is 4.06. The highest BCUT2D eigenvalue weighted by molar-refractivity contribution is 5.55. The van der Waals surface area contributed by atoms with Crippen molar-refractivity contribution >= 4 is 0 Å². The van der Waals surface area contributed by atoms with Crippen LogP contribution in [0.15, 0.2) is 36.7 Å². The molecule has 2 unspecified atom stereocenters. The van der Waals surface area contributed by atoms with E-state index < -0.39 is 12.3 Å². The Labute approximate surface area is 205 Å². The molecular weight excluding hydrogens is 430 g/mol. The predicted molar refractivity (Wildman–Crippen MR) is 138 cm³/mol. The van der Waals surface area contributed by atoms with Gasteiger partial charge in [0.1, 0.15) is 24.7 Å². The van der Waals surface area contributed by atoms with E-state index in [4.69, 9.17) is 4.74 Å². The van der Waals surface area contributed by atoms with Gasteiger partial charge in [-0.3, -0.25) is 0 Å². The number of aryl methyl sites for hydroxylation is 1. The minimum Gasteiger partial charge on any atom is -0.491 e. The van der Waals surface area contributed by atoms with Gasteiger partial charge in [-0.1, -0.05) is 78.1 Å². The summed E-state index contributed by atoms with van der Waals surface area (Å²) >= 11 is 0. The first kappa shape index (κ1) is 28.2. The van der Waals surface area contributed by atoms with Gasteiger partial charge in [0, 0.05) is 24.4 Å². The second kappa shape index (κ2) is 17.4. The summed E-state index contributed by atoms with van der Waals surface area (Å²) in [5.41, 5.74) is 2.06. The van der Waals surface area contributed by atoms with Gasteiger partial charge in [-0.25, -0.2) is 18.7 Å². The Bertz CT molecular complexity index is 752. The van der Waals surface area contributed by atoms with Gasteiger partial charge in [-0.05, 0) is 49.1 Å². The summed E-state index contributed by atoms with van der Waals surface area (Å²) in [6, 6.07) is 7.32. The van der Waals surface area contributed by atoms with Crippen LogP contribution in [0.4, 0.5) is 8.78 Å². The molecule has 0 spiro atoms. The first-order valence-electron chi connectivity index (χ1n) is 13.4. The molecule has 5 heteroatoms. The van der Waals surface area contributed by atoms with Crippen molar-refractivity contribution in [1.29, 1.82) is 0 Å². The van der Waals surface area contributed by atoms with Crippen molar-refractivity contribution in [2.24, 2.45) is 0 Å². The molecule has 1 heterocycles. The normalized spacial score (nSPS) is 13.1. The molecule has 0 fully saturated rings. The molecule has 0 bridgehead atoms. The molecule has 1 aromatic carbocycles. The summed E-state index contributed by atoms with van der Waals surface area (Å²) in [7, 11) is 0. The molecule has 3 nitrogen and oxygen atoms in total. The van der Waals surface area contributed by atoms with Gasteiger partial charge in [-0.2, -0.15) is 0 Å². The van der Waals surface area contributed by atoms with Gasteiger partial charge in [0.2, 0.25) is 0 Å². The Balaban J connectivity index is 1.68. The Kier molecular flexibility index (Phi) is 14.4. The molecule has 2 rings (SSSR count). The Morgan fingerprint density at radius 1 is 0.735 bits per heavy atom. The van der Waals surface area contributed by atoms with Gasteiger partial charge < -0.3 is 4.74 Å². The van der Waals surface area contributed by atoms with Crippen LogP contribution < -0.4 is 4.74 Å². The number of nitrogens with zero attached hydrogens (tertiary/aromatic N) is 2. The van der Waals surface area contributed by atoms with Gasteiger partial charge in [-0.15, -0.1) is 0 Å². The van der Waals surface area contributed by atoms with Crippen LogP contribution in [0.1, 0.15) is 103 Å². The SMILES string of the molecule is CCCCCCCCCCc1cnc(-c2ccc(OCC(F)CC(F)CCCCC)cc2)nc1. The fraction of sp³-hybridized carbons (Fsp3) is 0.655. The zero-order valence-corrected chi connectivity index (χ0v) is 21.3. The highest BCUT2D eigenvalue weighted by atomic mass is 19.1. The van der Waals surface area contributed by atoms with E-state index in [9.17, 15) is 8.78 Å². The van der Waals surface area contributed by atoms with E-state index in [2.05, 4.69) is 23.8 Å². The van der Waals surface area contributed by atoms with E-state index in [0.29, 0.717) is 18.0 Å². The summed E-state index contributed by atoms with van der Waals surface area (Å²) in [6.45, 7) is 4.20. The molecule has 2 atom stereocenters. The van der Waals surface area contributed by atoms with Crippen molar-refractivity contribution in [3.8, 4) is 17.1 Å². The van der Waals surface area contributed by atoms with Crippen LogP contribution in [0.25, 0.3) is 11.4 Å². The van der Waals surface area contributed by atoms with E-state index in [0.717, 1.165) is 31.2 Å². The lowest BCUT2D eigenvalue weighted by Crippen LogP contribution is -2.18. The van der Waals surface area contributed by atoms with Crippen LogP contribution in [-0.2, 0) is 6.42 Å². The smallest absolute Gasteiger partial charge is 0.159 e. The number of hydrogen-bond donors (Lipinski definition) is 0. The number of alkyl halides is 2. The standard InChI is InChI=1S/C29H44F2N2O/c1-3-5-7-8-9-10-11-13-14-24-21-32-29(33-22-24)25-16-18-28(19-17-25)34-23-27(31)20-26(30)15-12-6-4-2/h16-19,21-22,26-27H,3-15,20,23H2,1-2H3. The quantitative estimate of drug-likeness (QED) is 0.191. The summed E-state index contributed by atoms with van der Waals surface area (Å²) in [4.78, 5) is 9.02. The van der Waals surface area contributed by atoms with Crippen LogP contribution in [0.5, 0.6) is 5.75 Å². The molecule has 0 radical (unpaired) electrons. The average Bonchev–Trinajstić information content (AvgIpc) is 2.85. The lowest BCUT2D eigenvalue weighted by atomic mass is 10.1. The van der Waals surface area contributed by atoms with Crippen molar-refractivity contribution in [3.05, 3.63) is 42.2 Å². The number of aromatic nitrogens is 2. The van der Waals surface area contributed by atoms with Crippen LogP contribution in [0.2, 0.25) is 0 Å². The molecular formula is C29H44F2N2O. The third kappa shape index (κ3) is 11.9. The summed E-state index contributed by atoms with van der Waals surface area (Å²) in [5.74, 6) is 1.24. The maximum absolute atomic E-state index is 14.0.